The molecule has 3 aromatic heterocycles. The van der Waals surface area contributed by atoms with Gasteiger partial charge in [0, 0.05) is 43.8 Å². The molecule has 2 aliphatic rings. The number of anilines is 1. The Morgan fingerprint density at radius 1 is 1.15 bits per heavy atom. The minimum atomic E-state index is 0.0828. The highest BCUT2D eigenvalue weighted by Crippen LogP contribution is 2.35. The molecule has 0 spiro atoms. The fourth-order valence-corrected chi connectivity index (χ4v) is 7.06. The van der Waals surface area contributed by atoms with Crippen molar-refractivity contribution in [3.8, 4) is 0 Å². The highest BCUT2D eigenvalue weighted by atomic mass is 32.2. The molecule has 0 N–H and O–H groups in total. The summed E-state index contributed by atoms with van der Waals surface area (Å²) in [5, 5.41) is 1.52. The second kappa shape index (κ2) is 10.5. The number of rotatable bonds is 8. The average molecular weight is 498 g/mol. The van der Waals surface area contributed by atoms with E-state index in [1.165, 1.54) is 22.2 Å². The van der Waals surface area contributed by atoms with Gasteiger partial charge in [-0.1, -0.05) is 37.6 Å². The number of amides is 1. The minimum absolute atomic E-state index is 0.0828. The van der Waals surface area contributed by atoms with Crippen LogP contribution in [-0.4, -0.2) is 57.3 Å². The third-order valence-electron chi connectivity index (χ3n) is 6.71. The summed E-state index contributed by atoms with van der Waals surface area (Å²) >= 11 is 3.08. The van der Waals surface area contributed by atoms with Gasteiger partial charge >= 0.3 is 0 Å². The van der Waals surface area contributed by atoms with Crippen LogP contribution in [0.4, 0.5) is 5.82 Å². The van der Waals surface area contributed by atoms with Gasteiger partial charge in [-0.15, -0.1) is 11.3 Å². The summed E-state index contributed by atoms with van der Waals surface area (Å²) < 4.78 is 1.83. The van der Waals surface area contributed by atoms with Gasteiger partial charge in [0.15, 0.2) is 5.16 Å². The SMILES string of the molecule is CCCCCn1c(SCC(=O)N2CCN(c3ccccn3)CC2)nc2sc3c(c2c1=O)CCC3. The van der Waals surface area contributed by atoms with Gasteiger partial charge in [0.1, 0.15) is 10.6 Å². The van der Waals surface area contributed by atoms with Crippen molar-refractivity contribution in [2.45, 2.75) is 57.1 Å². The maximum atomic E-state index is 13.5. The first-order chi connectivity index (χ1) is 16.7. The molecular weight excluding hydrogens is 466 g/mol. The molecule has 1 aliphatic heterocycles. The normalized spacial score (nSPS) is 15.8. The number of thioether (sulfide) groups is 1. The van der Waals surface area contributed by atoms with Gasteiger partial charge in [-0.3, -0.25) is 14.2 Å². The van der Waals surface area contributed by atoms with Crippen molar-refractivity contribution >= 4 is 45.0 Å². The van der Waals surface area contributed by atoms with E-state index in [2.05, 4.69) is 16.8 Å². The topological polar surface area (TPSA) is 71.3 Å². The number of aromatic nitrogens is 3. The number of carbonyl (C=O) groups excluding carboxylic acids is 1. The summed E-state index contributed by atoms with van der Waals surface area (Å²) in [7, 11) is 0. The minimum Gasteiger partial charge on any atom is -0.353 e. The number of hydrogen-bond acceptors (Lipinski definition) is 7. The zero-order valence-corrected chi connectivity index (χ0v) is 21.3. The zero-order chi connectivity index (χ0) is 23.5. The lowest BCUT2D eigenvalue weighted by atomic mass is 10.2. The fraction of sp³-hybridized carbons (Fsp3) is 0.520. The number of nitrogens with zero attached hydrogens (tertiary/aromatic N) is 5. The quantitative estimate of drug-likeness (QED) is 0.266. The second-order valence-corrected chi connectivity index (χ2v) is 11.0. The Morgan fingerprint density at radius 2 is 2.00 bits per heavy atom. The number of aryl methyl sites for hydroxylation is 2. The van der Waals surface area contributed by atoms with E-state index < -0.39 is 0 Å². The molecule has 0 bridgehead atoms. The van der Waals surface area contributed by atoms with E-state index in [0.717, 1.165) is 67.6 Å². The summed E-state index contributed by atoms with van der Waals surface area (Å²) in [6.45, 7) is 5.75. The maximum absolute atomic E-state index is 13.5. The number of unbranched alkanes of at least 4 members (excludes halogenated alkanes) is 2. The van der Waals surface area contributed by atoms with Crippen molar-refractivity contribution in [3.05, 3.63) is 45.2 Å². The molecule has 0 aromatic carbocycles. The number of fused-ring (bicyclic) bond motifs is 3. The molecule has 5 rings (SSSR count). The fourth-order valence-electron chi connectivity index (χ4n) is 4.83. The van der Waals surface area contributed by atoms with E-state index in [1.54, 1.807) is 17.5 Å². The Balaban J connectivity index is 1.29. The predicted octanol–water partition coefficient (Wildman–Crippen LogP) is 3.97. The lowest BCUT2D eigenvalue weighted by Crippen LogP contribution is -2.49. The summed E-state index contributed by atoms with van der Waals surface area (Å²) in [5.74, 6) is 1.37. The first-order valence-corrected chi connectivity index (χ1v) is 14.1. The number of piperazine rings is 1. The lowest BCUT2D eigenvalue weighted by molar-refractivity contribution is -0.128. The van der Waals surface area contributed by atoms with Crippen molar-refractivity contribution < 1.29 is 4.79 Å². The van der Waals surface area contributed by atoms with Crippen LogP contribution in [0.15, 0.2) is 34.3 Å². The number of pyridine rings is 1. The van der Waals surface area contributed by atoms with Gasteiger partial charge in [-0.25, -0.2) is 9.97 Å². The monoisotopic (exact) mass is 497 g/mol. The van der Waals surface area contributed by atoms with Crippen LogP contribution in [0.1, 0.15) is 43.0 Å². The van der Waals surface area contributed by atoms with Crippen molar-refractivity contribution in [3.63, 3.8) is 0 Å². The van der Waals surface area contributed by atoms with E-state index in [4.69, 9.17) is 4.98 Å². The molecule has 0 atom stereocenters. The van der Waals surface area contributed by atoms with Gasteiger partial charge in [0.25, 0.3) is 5.56 Å². The molecule has 9 heteroatoms. The first-order valence-electron chi connectivity index (χ1n) is 12.3. The summed E-state index contributed by atoms with van der Waals surface area (Å²) in [6, 6.07) is 5.91. The van der Waals surface area contributed by atoms with Crippen LogP contribution >= 0.6 is 23.1 Å². The van der Waals surface area contributed by atoms with Crippen LogP contribution in [0, 0.1) is 0 Å². The molecule has 180 valence electrons. The van der Waals surface area contributed by atoms with Crippen LogP contribution < -0.4 is 10.5 Å². The van der Waals surface area contributed by atoms with Crippen LogP contribution in [0.5, 0.6) is 0 Å². The summed E-state index contributed by atoms with van der Waals surface area (Å²) in [4.78, 5) is 42.1. The van der Waals surface area contributed by atoms with Crippen LogP contribution in [0.3, 0.4) is 0 Å². The number of carbonyl (C=O) groups is 1. The highest BCUT2D eigenvalue weighted by Gasteiger charge is 2.25. The van der Waals surface area contributed by atoms with Crippen molar-refractivity contribution in [1.29, 1.82) is 0 Å². The highest BCUT2D eigenvalue weighted by molar-refractivity contribution is 7.99. The molecule has 4 heterocycles. The van der Waals surface area contributed by atoms with Crippen molar-refractivity contribution in [2.24, 2.45) is 0 Å². The van der Waals surface area contributed by atoms with Crippen molar-refractivity contribution in [2.75, 3.05) is 36.8 Å². The largest absolute Gasteiger partial charge is 0.353 e. The molecular formula is C25H31N5O2S2. The van der Waals surface area contributed by atoms with Gasteiger partial charge < -0.3 is 9.80 Å². The van der Waals surface area contributed by atoms with Crippen LogP contribution in [0.2, 0.25) is 0 Å². The van der Waals surface area contributed by atoms with Crippen molar-refractivity contribution in [1.82, 2.24) is 19.4 Å². The molecule has 3 aromatic rings. The standard InChI is InChI=1S/C25H31N5O2S2/c1-2-3-6-12-30-24(32)22-18-8-7-9-19(18)34-23(22)27-25(30)33-17-21(31)29-15-13-28(14-16-29)20-10-4-5-11-26-20/h4-5,10-11H,2-3,6-9,12-17H2,1H3. The molecule has 1 amide bonds. The van der Waals surface area contributed by atoms with Gasteiger partial charge in [-0.2, -0.15) is 0 Å². The third kappa shape index (κ3) is 4.73. The third-order valence-corrected chi connectivity index (χ3v) is 8.85. The first kappa shape index (κ1) is 23.4. The molecule has 7 nitrogen and oxygen atoms in total. The lowest BCUT2D eigenvalue weighted by Gasteiger charge is -2.35. The second-order valence-electron chi connectivity index (χ2n) is 8.94. The van der Waals surface area contributed by atoms with Gasteiger partial charge in [-0.05, 0) is 43.4 Å². The van der Waals surface area contributed by atoms with E-state index in [9.17, 15) is 9.59 Å². The Bertz CT molecular complexity index is 1220. The van der Waals surface area contributed by atoms with Crippen LogP contribution in [0.25, 0.3) is 10.2 Å². The zero-order valence-electron chi connectivity index (χ0n) is 19.7. The molecule has 34 heavy (non-hydrogen) atoms. The van der Waals surface area contributed by atoms with Gasteiger partial charge in [0.05, 0.1) is 11.1 Å². The molecule has 0 saturated carbocycles. The Labute approximate surface area is 208 Å². The number of hydrogen-bond donors (Lipinski definition) is 0. The molecule has 0 unspecified atom stereocenters. The predicted molar refractivity (Wildman–Crippen MR) is 139 cm³/mol. The molecule has 1 fully saturated rings. The average Bonchev–Trinajstić information content (AvgIpc) is 3.46. The number of thiophene rings is 1. The molecule has 1 aliphatic carbocycles. The van der Waals surface area contributed by atoms with E-state index in [1.807, 2.05) is 27.7 Å². The molecule has 0 radical (unpaired) electrons. The van der Waals surface area contributed by atoms with Crippen LogP contribution in [-0.2, 0) is 24.2 Å². The van der Waals surface area contributed by atoms with E-state index >= 15 is 0 Å². The molecule has 1 saturated heterocycles. The van der Waals surface area contributed by atoms with Gasteiger partial charge in [0.2, 0.25) is 5.91 Å². The summed E-state index contributed by atoms with van der Waals surface area (Å²) in [6.07, 6.45) is 8.10. The van der Waals surface area contributed by atoms with E-state index in [0.29, 0.717) is 30.5 Å². The Hall–Kier alpha value is -2.39. The maximum Gasteiger partial charge on any atom is 0.263 e. The Kier molecular flexibility index (Phi) is 7.20. The summed E-state index contributed by atoms with van der Waals surface area (Å²) in [5.41, 5.74) is 1.31. The van der Waals surface area contributed by atoms with E-state index in [-0.39, 0.29) is 11.5 Å². The smallest absolute Gasteiger partial charge is 0.263 e. The Morgan fingerprint density at radius 3 is 2.76 bits per heavy atom.